The minimum atomic E-state index is 0.719. The number of ether oxygens (including phenoxy) is 1. The molecule has 1 aliphatic rings. The van der Waals surface area contributed by atoms with Crippen LogP contribution in [0.25, 0.3) is 0 Å². The molecule has 1 saturated carbocycles. The van der Waals surface area contributed by atoms with Crippen LogP contribution in [0.3, 0.4) is 0 Å². The van der Waals surface area contributed by atoms with Crippen molar-refractivity contribution in [3.05, 3.63) is 29.8 Å². The zero-order valence-electron chi connectivity index (χ0n) is 13.9. The molecule has 0 heterocycles. The number of hydrogen-bond acceptors (Lipinski definition) is 1. The number of rotatable bonds is 8. The van der Waals surface area contributed by atoms with Crippen LogP contribution in [0, 0.1) is 11.8 Å². The molecule has 0 spiro atoms. The van der Waals surface area contributed by atoms with Gasteiger partial charge in [-0.1, -0.05) is 64.5 Å². The first kappa shape index (κ1) is 16.4. The van der Waals surface area contributed by atoms with E-state index in [1.807, 2.05) is 0 Å². The fourth-order valence-electron chi connectivity index (χ4n) is 3.39. The second-order valence-electron chi connectivity index (χ2n) is 7.09. The molecule has 0 saturated heterocycles. The van der Waals surface area contributed by atoms with Crippen molar-refractivity contribution in [1.82, 2.24) is 0 Å². The molecule has 21 heavy (non-hydrogen) atoms. The molecular weight excluding hydrogens is 256 g/mol. The van der Waals surface area contributed by atoms with E-state index in [0.717, 1.165) is 30.6 Å². The summed E-state index contributed by atoms with van der Waals surface area (Å²) in [6, 6.07) is 8.66. The van der Waals surface area contributed by atoms with Gasteiger partial charge in [-0.25, -0.2) is 0 Å². The smallest absolute Gasteiger partial charge is 0.119 e. The van der Waals surface area contributed by atoms with E-state index in [-0.39, 0.29) is 0 Å². The third-order valence-electron chi connectivity index (χ3n) is 4.57. The van der Waals surface area contributed by atoms with E-state index in [1.54, 1.807) is 0 Å². The average molecular weight is 288 g/mol. The fourth-order valence-corrected chi connectivity index (χ4v) is 3.39. The van der Waals surface area contributed by atoms with Gasteiger partial charge in [0, 0.05) is 0 Å². The molecule has 1 fully saturated rings. The lowest BCUT2D eigenvalue weighted by Crippen LogP contribution is -2.07. The summed E-state index contributed by atoms with van der Waals surface area (Å²) in [5.74, 6) is 2.76. The largest absolute Gasteiger partial charge is 0.494 e. The summed E-state index contributed by atoms with van der Waals surface area (Å²) >= 11 is 0. The molecule has 0 amide bonds. The number of unbranched alkanes of at least 4 members (excludes halogenated alkanes) is 1. The minimum absolute atomic E-state index is 0.719. The lowest BCUT2D eigenvalue weighted by Gasteiger charge is -2.21. The Kier molecular flexibility index (Phi) is 7.12. The van der Waals surface area contributed by atoms with Crippen LogP contribution in [0.15, 0.2) is 24.3 Å². The lowest BCUT2D eigenvalue weighted by molar-refractivity contribution is 0.283. The maximum Gasteiger partial charge on any atom is 0.119 e. The van der Waals surface area contributed by atoms with Gasteiger partial charge in [-0.15, -0.1) is 0 Å². The molecule has 0 aromatic heterocycles. The third kappa shape index (κ3) is 6.54. The molecular formula is C20H32O. The van der Waals surface area contributed by atoms with Crippen molar-refractivity contribution >= 4 is 0 Å². The maximum absolute atomic E-state index is 5.86. The van der Waals surface area contributed by atoms with Gasteiger partial charge in [0.05, 0.1) is 6.61 Å². The lowest BCUT2D eigenvalue weighted by atomic mass is 9.86. The van der Waals surface area contributed by atoms with Gasteiger partial charge >= 0.3 is 0 Å². The monoisotopic (exact) mass is 288 g/mol. The van der Waals surface area contributed by atoms with Crippen molar-refractivity contribution in [2.75, 3.05) is 6.61 Å². The summed E-state index contributed by atoms with van der Waals surface area (Å²) < 4.78 is 5.86. The average Bonchev–Trinajstić information content (AvgIpc) is 2.49. The van der Waals surface area contributed by atoms with Gasteiger partial charge in [-0.2, -0.15) is 0 Å². The van der Waals surface area contributed by atoms with Crippen molar-refractivity contribution in [3.63, 3.8) is 0 Å². The topological polar surface area (TPSA) is 9.23 Å². The summed E-state index contributed by atoms with van der Waals surface area (Å²) in [6.45, 7) is 5.39. The summed E-state index contributed by atoms with van der Waals surface area (Å²) in [4.78, 5) is 0. The van der Waals surface area contributed by atoms with Gasteiger partial charge in [-0.05, 0) is 48.8 Å². The molecule has 1 nitrogen and oxygen atoms in total. The van der Waals surface area contributed by atoms with Crippen LogP contribution in [-0.2, 0) is 6.42 Å². The Hall–Kier alpha value is -0.980. The molecule has 0 radical (unpaired) electrons. The Bertz CT molecular complexity index is 373. The van der Waals surface area contributed by atoms with E-state index < -0.39 is 0 Å². The second-order valence-corrected chi connectivity index (χ2v) is 7.09. The highest BCUT2D eigenvalue weighted by atomic mass is 16.5. The molecule has 2 rings (SSSR count). The van der Waals surface area contributed by atoms with Gasteiger partial charge in [-0.3, -0.25) is 0 Å². The quantitative estimate of drug-likeness (QED) is 0.532. The molecule has 1 aliphatic carbocycles. The summed E-state index contributed by atoms with van der Waals surface area (Å²) in [7, 11) is 0. The molecule has 0 unspecified atom stereocenters. The summed E-state index contributed by atoms with van der Waals surface area (Å²) in [5.41, 5.74) is 1.41. The normalized spacial score (nSPS) is 16.3. The van der Waals surface area contributed by atoms with E-state index in [0.29, 0.717) is 0 Å². The molecule has 118 valence electrons. The Balaban J connectivity index is 1.57. The highest BCUT2D eigenvalue weighted by Crippen LogP contribution is 2.27. The van der Waals surface area contributed by atoms with Gasteiger partial charge in [0.1, 0.15) is 5.75 Å². The molecule has 0 bridgehead atoms. The molecule has 1 heteroatoms. The SMILES string of the molecule is CC(C)Cc1ccc(OCCCCC2CCCCC2)cc1. The Morgan fingerprint density at radius 2 is 1.71 bits per heavy atom. The third-order valence-corrected chi connectivity index (χ3v) is 4.57. The van der Waals surface area contributed by atoms with Gasteiger partial charge in [0.25, 0.3) is 0 Å². The first-order chi connectivity index (χ1) is 10.2. The summed E-state index contributed by atoms with van der Waals surface area (Å²) in [5, 5.41) is 0. The van der Waals surface area contributed by atoms with Crippen molar-refractivity contribution in [2.24, 2.45) is 11.8 Å². The van der Waals surface area contributed by atoms with Crippen LogP contribution < -0.4 is 4.74 Å². The van der Waals surface area contributed by atoms with Gasteiger partial charge in [0.2, 0.25) is 0 Å². The van der Waals surface area contributed by atoms with Crippen LogP contribution in [0.4, 0.5) is 0 Å². The number of hydrogen-bond donors (Lipinski definition) is 0. The zero-order valence-corrected chi connectivity index (χ0v) is 13.9. The van der Waals surface area contributed by atoms with Crippen molar-refractivity contribution in [2.45, 2.75) is 71.6 Å². The molecule has 1 aromatic rings. The highest BCUT2D eigenvalue weighted by molar-refractivity contribution is 5.27. The molecule has 0 aliphatic heterocycles. The molecule has 0 N–H and O–H groups in total. The van der Waals surface area contributed by atoms with Crippen molar-refractivity contribution in [3.8, 4) is 5.75 Å². The highest BCUT2D eigenvalue weighted by Gasteiger charge is 2.12. The van der Waals surface area contributed by atoms with E-state index in [1.165, 1.54) is 56.9 Å². The van der Waals surface area contributed by atoms with Gasteiger partial charge in [0.15, 0.2) is 0 Å². The summed E-state index contributed by atoms with van der Waals surface area (Å²) in [6.07, 6.45) is 12.4. The van der Waals surface area contributed by atoms with Crippen LogP contribution in [0.1, 0.15) is 70.8 Å². The molecule has 0 atom stereocenters. The molecule has 1 aromatic carbocycles. The standard InChI is InChI=1S/C20H32O/c1-17(2)16-19-11-13-20(14-12-19)21-15-7-6-10-18-8-4-3-5-9-18/h11-14,17-18H,3-10,15-16H2,1-2H3. The Morgan fingerprint density at radius 1 is 1.00 bits per heavy atom. The first-order valence-corrected chi connectivity index (χ1v) is 8.96. The Morgan fingerprint density at radius 3 is 2.38 bits per heavy atom. The van der Waals surface area contributed by atoms with E-state index in [9.17, 15) is 0 Å². The second kappa shape index (κ2) is 9.12. The van der Waals surface area contributed by atoms with E-state index in [4.69, 9.17) is 4.74 Å². The van der Waals surface area contributed by atoms with E-state index >= 15 is 0 Å². The van der Waals surface area contributed by atoms with Crippen molar-refractivity contribution in [1.29, 1.82) is 0 Å². The minimum Gasteiger partial charge on any atom is -0.494 e. The maximum atomic E-state index is 5.86. The first-order valence-electron chi connectivity index (χ1n) is 8.96. The predicted molar refractivity (Wildman–Crippen MR) is 90.9 cm³/mol. The predicted octanol–water partition coefficient (Wildman–Crippen LogP) is 6.01. The van der Waals surface area contributed by atoms with Crippen LogP contribution in [-0.4, -0.2) is 6.61 Å². The van der Waals surface area contributed by atoms with Gasteiger partial charge < -0.3 is 4.74 Å². The van der Waals surface area contributed by atoms with E-state index in [2.05, 4.69) is 38.1 Å². The zero-order chi connectivity index (χ0) is 14.9. The Labute approximate surface area is 131 Å². The van der Waals surface area contributed by atoms with Crippen molar-refractivity contribution < 1.29 is 4.74 Å². The van der Waals surface area contributed by atoms with Crippen LogP contribution in [0.5, 0.6) is 5.75 Å². The number of benzene rings is 1. The fraction of sp³-hybridized carbons (Fsp3) is 0.700. The van der Waals surface area contributed by atoms with Crippen LogP contribution in [0.2, 0.25) is 0 Å². The van der Waals surface area contributed by atoms with Crippen LogP contribution >= 0.6 is 0 Å².